The van der Waals surface area contributed by atoms with Crippen LogP contribution in [0, 0.1) is 0 Å². The molecule has 1 aliphatic heterocycles. The smallest absolute Gasteiger partial charge is 0.317 e. The Hall–Kier alpha value is -1.56. The van der Waals surface area contributed by atoms with E-state index in [0.717, 1.165) is 43.8 Å². The van der Waals surface area contributed by atoms with Crippen LogP contribution < -0.4 is 5.32 Å². The average molecular weight is 269 g/mol. The van der Waals surface area contributed by atoms with Crippen LogP contribution in [-0.2, 0) is 6.18 Å². The van der Waals surface area contributed by atoms with Crippen LogP contribution in [0.3, 0.4) is 0 Å². The van der Waals surface area contributed by atoms with E-state index in [1.807, 2.05) is 6.20 Å². The molecule has 6 heteroatoms. The molecule has 1 saturated heterocycles. The monoisotopic (exact) mass is 269 g/mol. The van der Waals surface area contributed by atoms with Gasteiger partial charge in [0.05, 0.1) is 11.3 Å². The Labute approximate surface area is 108 Å². The van der Waals surface area contributed by atoms with Crippen molar-refractivity contribution in [2.75, 3.05) is 13.1 Å². The van der Waals surface area contributed by atoms with Crippen LogP contribution in [0.1, 0.15) is 30.0 Å². The highest BCUT2D eigenvalue weighted by Crippen LogP contribution is 2.30. The molecule has 1 aliphatic rings. The normalized spacial score (nSPS) is 18.1. The van der Waals surface area contributed by atoms with E-state index < -0.39 is 11.7 Å². The van der Waals surface area contributed by atoms with Crippen molar-refractivity contribution in [1.29, 1.82) is 0 Å². The Balaban J connectivity index is 1.96. The van der Waals surface area contributed by atoms with Crippen LogP contribution in [0.25, 0.3) is 5.65 Å². The number of fused-ring (bicyclic) bond motifs is 1. The molecule has 0 saturated carbocycles. The maximum Gasteiger partial charge on any atom is 0.416 e. The molecule has 19 heavy (non-hydrogen) atoms. The SMILES string of the molecule is FC(F)(F)c1ccn2cc(C3CCNCC3)nc2c1. The Morgan fingerprint density at radius 2 is 2.00 bits per heavy atom. The number of imidazole rings is 1. The van der Waals surface area contributed by atoms with Crippen molar-refractivity contribution in [3.05, 3.63) is 35.8 Å². The van der Waals surface area contributed by atoms with E-state index in [-0.39, 0.29) is 0 Å². The van der Waals surface area contributed by atoms with E-state index in [0.29, 0.717) is 11.6 Å². The van der Waals surface area contributed by atoms with E-state index in [4.69, 9.17) is 0 Å². The summed E-state index contributed by atoms with van der Waals surface area (Å²) in [6.45, 7) is 1.87. The first-order chi connectivity index (χ1) is 9.04. The predicted molar refractivity (Wildman–Crippen MR) is 65.0 cm³/mol. The van der Waals surface area contributed by atoms with Gasteiger partial charge in [0.1, 0.15) is 5.65 Å². The fourth-order valence-electron chi connectivity index (χ4n) is 2.49. The van der Waals surface area contributed by atoms with Gasteiger partial charge in [0, 0.05) is 18.3 Å². The Bertz CT molecular complexity index is 582. The van der Waals surface area contributed by atoms with Gasteiger partial charge < -0.3 is 9.72 Å². The standard InChI is InChI=1S/C13H14F3N3/c14-13(15,16)10-3-6-19-8-11(18-12(19)7-10)9-1-4-17-5-2-9/h3,6-9,17H,1-2,4-5H2. The third-order valence-corrected chi connectivity index (χ3v) is 3.56. The number of nitrogens with one attached hydrogen (secondary N) is 1. The minimum atomic E-state index is -4.32. The van der Waals surface area contributed by atoms with Crippen LogP contribution >= 0.6 is 0 Å². The van der Waals surface area contributed by atoms with Crippen molar-refractivity contribution in [1.82, 2.24) is 14.7 Å². The maximum absolute atomic E-state index is 12.6. The lowest BCUT2D eigenvalue weighted by Gasteiger charge is -2.20. The van der Waals surface area contributed by atoms with Gasteiger partial charge in [-0.1, -0.05) is 0 Å². The summed E-state index contributed by atoms with van der Waals surface area (Å²) in [5, 5.41) is 3.26. The third-order valence-electron chi connectivity index (χ3n) is 3.56. The number of nitrogens with zero attached hydrogens (tertiary/aromatic N) is 2. The van der Waals surface area contributed by atoms with Crippen molar-refractivity contribution >= 4 is 5.65 Å². The summed E-state index contributed by atoms with van der Waals surface area (Å²) in [5.74, 6) is 0.343. The largest absolute Gasteiger partial charge is 0.416 e. The van der Waals surface area contributed by atoms with E-state index in [1.54, 1.807) is 4.40 Å². The highest BCUT2D eigenvalue weighted by molar-refractivity contribution is 5.44. The molecule has 0 aliphatic carbocycles. The molecule has 0 atom stereocenters. The Morgan fingerprint density at radius 1 is 1.26 bits per heavy atom. The fraction of sp³-hybridized carbons (Fsp3) is 0.462. The molecule has 0 bridgehead atoms. The van der Waals surface area contributed by atoms with Gasteiger partial charge in [-0.25, -0.2) is 4.98 Å². The lowest BCUT2D eigenvalue weighted by atomic mass is 9.95. The number of pyridine rings is 1. The van der Waals surface area contributed by atoms with Crippen LogP contribution in [0.5, 0.6) is 0 Å². The highest BCUT2D eigenvalue weighted by Gasteiger charge is 2.31. The first-order valence-corrected chi connectivity index (χ1v) is 6.30. The Kier molecular flexibility index (Phi) is 2.97. The molecule has 3 rings (SSSR count). The van der Waals surface area contributed by atoms with Crippen molar-refractivity contribution in [2.24, 2.45) is 0 Å². The average Bonchev–Trinajstić information content (AvgIpc) is 2.81. The number of aromatic nitrogens is 2. The van der Waals surface area contributed by atoms with E-state index in [2.05, 4.69) is 10.3 Å². The van der Waals surface area contributed by atoms with Crippen LogP contribution in [0.2, 0.25) is 0 Å². The number of alkyl halides is 3. The van der Waals surface area contributed by atoms with E-state index in [1.165, 1.54) is 6.20 Å². The second-order valence-electron chi connectivity index (χ2n) is 4.87. The molecule has 0 spiro atoms. The van der Waals surface area contributed by atoms with Gasteiger partial charge in [-0.2, -0.15) is 13.2 Å². The second-order valence-corrected chi connectivity index (χ2v) is 4.87. The van der Waals surface area contributed by atoms with Crippen molar-refractivity contribution in [3.8, 4) is 0 Å². The van der Waals surface area contributed by atoms with Crippen LogP contribution in [0.15, 0.2) is 24.5 Å². The molecule has 0 unspecified atom stereocenters. The minimum Gasteiger partial charge on any atom is -0.317 e. The number of rotatable bonds is 1. The van der Waals surface area contributed by atoms with Gasteiger partial charge in [0.15, 0.2) is 0 Å². The quantitative estimate of drug-likeness (QED) is 0.862. The lowest BCUT2D eigenvalue weighted by molar-refractivity contribution is -0.137. The number of halogens is 3. The predicted octanol–water partition coefficient (Wildman–Crippen LogP) is 2.82. The molecule has 0 amide bonds. The van der Waals surface area contributed by atoms with Gasteiger partial charge in [0.25, 0.3) is 0 Å². The van der Waals surface area contributed by atoms with Gasteiger partial charge in [0.2, 0.25) is 0 Å². The summed E-state index contributed by atoms with van der Waals surface area (Å²) in [5.41, 5.74) is 0.603. The number of hydrogen-bond donors (Lipinski definition) is 1. The summed E-state index contributed by atoms with van der Waals surface area (Å²) in [6, 6.07) is 2.19. The molecule has 1 fully saturated rings. The highest BCUT2D eigenvalue weighted by atomic mass is 19.4. The first-order valence-electron chi connectivity index (χ1n) is 6.30. The minimum absolute atomic E-state index is 0.343. The summed E-state index contributed by atoms with van der Waals surface area (Å²) < 4.78 is 39.6. The molecule has 0 radical (unpaired) electrons. The second kappa shape index (κ2) is 4.52. The van der Waals surface area contributed by atoms with Gasteiger partial charge >= 0.3 is 6.18 Å². The summed E-state index contributed by atoms with van der Waals surface area (Å²) >= 11 is 0. The zero-order chi connectivity index (χ0) is 13.5. The molecule has 0 aromatic carbocycles. The summed E-state index contributed by atoms with van der Waals surface area (Å²) in [4.78, 5) is 4.35. The van der Waals surface area contributed by atoms with Gasteiger partial charge in [-0.15, -0.1) is 0 Å². The lowest BCUT2D eigenvalue weighted by Crippen LogP contribution is -2.26. The van der Waals surface area contributed by atoms with Crippen LogP contribution in [0.4, 0.5) is 13.2 Å². The number of hydrogen-bond acceptors (Lipinski definition) is 2. The zero-order valence-electron chi connectivity index (χ0n) is 10.2. The van der Waals surface area contributed by atoms with Crippen molar-refractivity contribution in [3.63, 3.8) is 0 Å². The van der Waals surface area contributed by atoms with E-state index >= 15 is 0 Å². The molecule has 102 valence electrons. The van der Waals surface area contributed by atoms with Crippen molar-refractivity contribution < 1.29 is 13.2 Å². The molecule has 3 nitrogen and oxygen atoms in total. The third kappa shape index (κ3) is 2.45. The topological polar surface area (TPSA) is 29.3 Å². The van der Waals surface area contributed by atoms with Gasteiger partial charge in [-0.05, 0) is 38.1 Å². The van der Waals surface area contributed by atoms with E-state index in [9.17, 15) is 13.2 Å². The zero-order valence-corrected chi connectivity index (χ0v) is 10.2. The Morgan fingerprint density at radius 3 is 2.68 bits per heavy atom. The molecule has 2 aromatic rings. The molecule has 3 heterocycles. The summed E-state index contributed by atoms with van der Waals surface area (Å²) in [7, 11) is 0. The van der Waals surface area contributed by atoms with Crippen LogP contribution in [-0.4, -0.2) is 22.5 Å². The first kappa shape index (κ1) is 12.5. The van der Waals surface area contributed by atoms with Crippen molar-refractivity contribution in [2.45, 2.75) is 24.9 Å². The number of piperidine rings is 1. The molecule has 1 N–H and O–H groups in total. The molecular formula is C13H14F3N3. The summed E-state index contributed by atoms with van der Waals surface area (Å²) in [6.07, 6.45) is 0.913. The molecule has 2 aromatic heterocycles. The van der Waals surface area contributed by atoms with Gasteiger partial charge in [-0.3, -0.25) is 0 Å². The molecular weight excluding hydrogens is 255 g/mol. The fourth-order valence-corrected chi connectivity index (χ4v) is 2.49. The maximum atomic E-state index is 12.6.